The van der Waals surface area contributed by atoms with Gasteiger partial charge >= 0.3 is 0 Å². The van der Waals surface area contributed by atoms with Crippen LogP contribution in [-0.4, -0.2) is 8.07 Å². The highest BCUT2D eigenvalue weighted by atomic mass is 35.5. The average molecular weight is 375 g/mol. The van der Waals surface area contributed by atoms with Crippen molar-refractivity contribution in [2.75, 3.05) is 0 Å². The van der Waals surface area contributed by atoms with E-state index in [2.05, 4.69) is 49.4 Å². The topological polar surface area (TPSA) is 0 Å². The van der Waals surface area contributed by atoms with Gasteiger partial charge in [0.15, 0.2) is 8.07 Å². The molecule has 0 unspecified atom stereocenters. The van der Waals surface area contributed by atoms with Crippen molar-refractivity contribution >= 4 is 57.5 Å². The van der Waals surface area contributed by atoms with Crippen LogP contribution in [0.5, 0.6) is 0 Å². The predicted molar refractivity (Wildman–Crippen MR) is 106 cm³/mol. The van der Waals surface area contributed by atoms with E-state index < -0.39 is 8.07 Å². The Hall–Kier alpha value is -1.06. The number of halogens is 2. The number of rotatable bonds is 3. The zero-order chi connectivity index (χ0) is 16.0. The van der Waals surface area contributed by atoms with E-state index in [-0.39, 0.29) is 0 Å². The van der Waals surface area contributed by atoms with Crippen LogP contribution in [0.25, 0.3) is 11.1 Å². The van der Waals surface area contributed by atoms with E-state index in [4.69, 9.17) is 23.2 Å². The number of hydrogen-bond donors (Lipinski definition) is 0. The third-order valence-electron chi connectivity index (χ3n) is 4.74. The number of thiophene rings is 1. The Bertz CT molecular complexity index is 887. The van der Waals surface area contributed by atoms with Gasteiger partial charge in [0.2, 0.25) is 0 Å². The second-order valence-corrected chi connectivity index (χ2v) is 12.4. The van der Waals surface area contributed by atoms with Crippen LogP contribution in [0.4, 0.5) is 0 Å². The summed E-state index contributed by atoms with van der Waals surface area (Å²) in [6, 6.07) is 20.7. The molecule has 0 saturated carbocycles. The molecule has 0 amide bonds. The van der Waals surface area contributed by atoms with Crippen molar-refractivity contribution in [1.82, 2.24) is 0 Å². The Balaban J connectivity index is 2.11. The SMILES string of the molecule is CCC[Si@]1(c2ccc(Cl)s2)c2ccccc2-c2ccc(Cl)cc21. The van der Waals surface area contributed by atoms with E-state index >= 15 is 0 Å². The lowest BCUT2D eigenvalue weighted by atomic mass is 10.1. The molecule has 1 atom stereocenters. The number of fused-ring (bicyclic) bond motifs is 3. The Kier molecular flexibility index (Phi) is 3.89. The summed E-state index contributed by atoms with van der Waals surface area (Å²) in [5.74, 6) is 0. The van der Waals surface area contributed by atoms with E-state index in [1.165, 1.54) is 32.0 Å². The highest BCUT2D eigenvalue weighted by Crippen LogP contribution is 2.34. The highest BCUT2D eigenvalue weighted by Gasteiger charge is 2.47. The maximum Gasteiger partial charge on any atom is 0.162 e. The van der Waals surface area contributed by atoms with Gasteiger partial charge < -0.3 is 0 Å². The fourth-order valence-electron chi connectivity index (χ4n) is 3.92. The van der Waals surface area contributed by atoms with Gasteiger partial charge in [0.25, 0.3) is 0 Å². The molecule has 2 aromatic carbocycles. The van der Waals surface area contributed by atoms with Crippen LogP contribution >= 0.6 is 34.5 Å². The van der Waals surface area contributed by atoms with Gasteiger partial charge in [-0.25, -0.2) is 0 Å². The van der Waals surface area contributed by atoms with Crippen LogP contribution in [0.15, 0.2) is 54.6 Å². The molecule has 0 saturated heterocycles. The smallest absolute Gasteiger partial charge is 0.132 e. The molecule has 0 fully saturated rings. The molecule has 0 bridgehead atoms. The molecule has 4 rings (SSSR count). The van der Waals surface area contributed by atoms with Gasteiger partial charge in [0.05, 0.1) is 4.34 Å². The van der Waals surface area contributed by atoms with E-state index in [0.717, 1.165) is 15.8 Å². The summed E-state index contributed by atoms with van der Waals surface area (Å²) in [6.07, 6.45) is 1.15. The Morgan fingerprint density at radius 2 is 1.70 bits per heavy atom. The minimum absolute atomic E-state index is 0.826. The van der Waals surface area contributed by atoms with Crippen molar-refractivity contribution in [1.29, 1.82) is 0 Å². The molecule has 4 heteroatoms. The van der Waals surface area contributed by atoms with Crippen LogP contribution in [0.1, 0.15) is 13.3 Å². The number of hydrogen-bond acceptors (Lipinski definition) is 1. The summed E-state index contributed by atoms with van der Waals surface area (Å²) in [5, 5.41) is 3.79. The van der Waals surface area contributed by atoms with Gasteiger partial charge in [0, 0.05) is 9.52 Å². The fraction of sp³-hybridized carbons (Fsp3) is 0.158. The summed E-state index contributed by atoms with van der Waals surface area (Å²) in [7, 11) is -2.01. The van der Waals surface area contributed by atoms with Gasteiger partial charge in [-0.1, -0.05) is 72.9 Å². The largest absolute Gasteiger partial charge is 0.162 e. The molecule has 0 N–H and O–H groups in total. The first-order valence-corrected chi connectivity index (χ1v) is 11.6. The van der Waals surface area contributed by atoms with Gasteiger partial charge in [-0.15, -0.1) is 11.3 Å². The monoisotopic (exact) mass is 374 g/mol. The molecular formula is C19H16Cl2SSi. The predicted octanol–water partition coefficient (Wildman–Crippen LogP) is 4.92. The lowest BCUT2D eigenvalue weighted by Gasteiger charge is -2.28. The summed E-state index contributed by atoms with van der Waals surface area (Å²) in [5.41, 5.74) is 2.73. The maximum atomic E-state index is 6.39. The van der Waals surface area contributed by atoms with Crippen molar-refractivity contribution < 1.29 is 0 Å². The Labute approximate surface area is 151 Å². The van der Waals surface area contributed by atoms with E-state index in [9.17, 15) is 0 Å². The molecule has 1 aromatic heterocycles. The maximum absolute atomic E-state index is 6.39. The molecule has 1 aliphatic heterocycles. The first-order valence-electron chi connectivity index (χ1n) is 7.82. The lowest BCUT2D eigenvalue weighted by Crippen LogP contribution is -2.63. The van der Waals surface area contributed by atoms with Gasteiger partial charge in [0.1, 0.15) is 0 Å². The lowest BCUT2D eigenvalue weighted by molar-refractivity contribution is 1.06. The first kappa shape index (κ1) is 15.5. The summed E-state index contributed by atoms with van der Waals surface area (Å²) >= 11 is 14.4. The standard InChI is InChI=1S/C19H16Cl2SSi/c1-2-11-23(19-10-9-18(21)22-19)16-6-4-3-5-14(16)15-8-7-13(20)12-17(15)23/h3-10,12H,2,11H2,1H3/t23-/m0/s1. The third-order valence-corrected chi connectivity index (χ3v) is 12.3. The zero-order valence-corrected chi connectivity index (χ0v) is 16.1. The normalized spacial score (nSPS) is 18.7. The van der Waals surface area contributed by atoms with E-state index in [1.54, 1.807) is 11.3 Å². The van der Waals surface area contributed by atoms with Crippen molar-refractivity contribution in [3.8, 4) is 11.1 Å². The van der Waals surface area contributed by atoms with Crippen LogP contribution in [0.2, 0.25) is 15.4 Å². The molecule has 0 aliphatic carbocycles. The molecule has 3 aromatic rings. The third kappa shape index (κ3) is 2.24. The van der Waals surface area contributed by atoms with Crippen molar-refractivity contribution in [3.63, 3.8) is 0 Å². The Morgan fingerprint density at radius 3 is 2.43 bits per heavy atom. The molecule has 0 spiro atoms. The molecule has 0 nitrogen and oxygen atoms in total. The van der Waals surface area contributed by atoms with Crippen LogP contribution in [0, 0.1) is 0 Å². The minimum Gasteiger partial charge on any atom is -0.132 e. The molecule has 23 heavy (non-hydrogen) atoms. The molecular weight excluding hydrogens is 359 g/mol. The summed E-state index contributed by atoms with van der Waals surface area (Å²) in [6.45, 7) is 2.27. The zero-order valence-electron chi connectivity index (χ0n) is 12.8. The van der Waals surface area contributed by atoms with Gasteiger partial charge in [-0.2, -0.15) is 0 Å². The van der Waals surface area contributed by atoms with Crippen molar-refractivity contribution in [2.24, 2.45) is 0 Å². The van der Waals surface area contributed by atoms with Gasteiger partial charge in [-0.05, 0) is 45.7 Å². The fourth-order valence-corrected chi connectivity index (χ4v) is 12.0. The first-order chi connectivity index (χ1) is 11.2. The van der Waals surface area contributed by atoms with Crippen molar-refractivity contribution in [3.05, 3.63) is 64.0 Å². The summed E-state index contributed by atoms with van der Waals surface area (Å²) < 4.78 is 2.31. The molecule has 116 valence electrons. The van der Waals surface area contributed by atoms with Crippen molar-refractivity contribution in [2.45, 2.75) is 19.4 Å². The minimum atomic E-state index is -2.01. The quantitative estimate of drug-likeness (QED) is 0.571. The molecule has 2 heterocycles. The molecule has 0 radical (unpaired) electrons. The second-order valence-electron chi connectivity index (χ2n) is 5.99. The number of benzene rings is 2. The Morgan fingerprint density at radius 1 is 0.913 bits per heavy atom. The average Bonchev–Trinajstić information content (AvgIpc) is 3.09. The van der Waals surface area contributed by atoms with E-state index in [1.807, 2.05) is 12.1 Å². The summed E-state index contributed by atoms with van der Waals surface area (Å²) in [4.78, 5) is 0. The van der Waals surface area contributed by atoms with E-state index in [0.29, 0.717) is 0 Å². The van der Waals surface area contributed by atoms with Crippen LogP contribution in [0.3, 0.4) is 0 Å². The molecule has 1 aliphatic rings. The second kappa shape index (κ2) is 5.78. The van der Waals surface area contributed by atoms with Crippen LogP contribution < -0.4 is 14.9 Å². The van der Waals surface area contributed by atoms with Crippen LogP contribution in [-0.2, 0) is 0 Å². The highest BCUT2D eigenvalue weighted by molar-refractivity contribution is 7.35. The van der Waals surface area contributed by atoms with Gasteiger partial charge in [-0.3, -0.25) is 0 Å².